The number of aryl methyl sites for hydroxylation is 1. The number of nitrogens with one attached hydrogen (secondary N) is 1. The Hall–Kier alpha value is -1.83. The van der Waals surface area contributed by atoms with Crippen molar-refractivity contribution in [3.63, 3.8) is 0 Å². The normalized spacial score (nSPS) is 13.1. The van der Waals surface area contributed by atoms with Gasteiger partial charge in [-0.3, -0.25) is 4.79 Å². The number of rotatable bonds is 4. The zero-order chi connectivity index (χ0) is 15.2. The molecule has 0 bridgehead atoms. The summed E-state index contributed by atoms with van der Waals surface area (Å²) >= 11 is 0. The number of amides is 1. The van der Waals surface area contributed by atoms with Crippen LogP contribution in [0.25, 0.3) is 0 Å². The molecular formula is C16H21NO3. The molecule has 0 spiro atoms. The average molecular weight is 275 g/mol. The summed E-state index contributed by atoms with van der Waals surface area (Å²) in [7, 11) is 1.53. The smallest absolute Gasteiger partial charge is 0.256 e. The van der Waals surface area contributed by atoms with Crippen molar-refractivity contribution in [3.05, 3.63) is 29.3 Å². The van der Waals surface area contributed by atoms with Crippen molar-refractivity contribution >= 4 is 11.6 Å². The maximum atomic E-state index is 12.3. The molecule has 4 nitrogen and oxygen atoms in total. The van der Waals surface area contributed by atoms with Crippen molar-refractivity contribution in [3.8, 4) is 11.8 Å². The monoisotopic (exact) mass is 275 g/mol. The highest BCUT2D eigenvalue weighted by atomic mass is 16.5. The van der Waals surface area contributed by atoms with Gasteiger partial charge < -0.3 is 15.2 Å². The van der Waals surface area contributed by atoms with Gasteiger partial charge in [0.25, 0.3) is 5.91 Å². The molecule has 0 aliphatic carbocycles. The number of benzene rings is 1. The molecule has 1 amide bonds. The van der Waals surface area contributed by atoms with E-state index in [1.165, 1.54) is 7.11 Å². The minimum absolute atomic E-state index is 0.183. The second-order valence-electron chi connectivity index (χ2n) is 4.73. The first-order valence-corrected chi connectivity index (χ1v) is 6.53. The molecule has 0 radical (unpaired) electrons. The SMILES string of the molecule is CCC(C)(OC)C(=O)Nc1cc(C#CCO)ccc1C. The molecule has 0 aliphatic heterocycles. The van der Waals surface area contributed by atoms with Crippen LogP contribution in [0.2, 0.25) is 0 Å². The number of anilines is 1. The number of ether oxygens (including phenoxy) is 1. The molecule has 108 valence electrons. The topological polar surface area (TPSA) is 58.6 Å². The van der Waals surface area contributed by atoms with E-state index in [0.29, 0.717) is 12.1 Å². The Morgan fingerprint density at radius 3 is 2.75 bits per heavy atom. The predicted octanol–water partition coefficient (Wildman–Crippen LogP) is 2.09. The van der Waals surface area contributed by atoms with Crippen LogP contribution in [0.1, 0.15) is 31.4 Å². The van der Waals surface area contributed by atoms with Gasteiger partial charge in [-0.25, -0.2) is 0 Å². The molecule has 0 aromatic heterocycles. The fraction of sp³-hybridized carbons (Fsp3) is 0.438. The number of aliphatic hydroxyl groups excluding tert-OH is 1. The van der Waals surface area contributed by atoms with Crippen LogP contribution in [0.4, 0.5) is 5.69 Å². The van der Waals surface area contributed by atoms with E-state index in [2.05, 4.69) is 17.2 Å². The van der Waals surface area contributed by atoms with Gasteiger partial charge in [0.05, 0.1) is 0 Å². The van der Waals surface area contributed by atoms with Gasteiger partial charge in [0.15, 0.2) is 0 Å². The zero-order valence-corrected chi connectivity index (χ0v) is 12.4. The molecule has 20 heavy (non-hydrogen) atoms. The fourth-order valence-electron chi connectivity index (χ4n) is 1.63. The average Bonchev–Trinajstić information content (AvgIpc) is 2.47. The van der Waals surface area contributed by atoms with E-state index in [1.807, 2.05) is 26.0 Å². The lowest BCUT2D eigenvalue weighted by atomic mass is 10.0. The maximum Gasteiger partial charge on any atom is 0.256 e. The van der Waals surface area contributed by atoms with Crippen molar-refractivity contribution in [1.82, 2.24) is 0 Å². The molecule has 4 heteroatoms. The first-order valence-electron chi connectivity index (χ1n) is 6.53. The van der Waals surface area contributed by atoms with Gasteiger partial charge >= 0.3 is 0 Å². The van der Waals surface area contributed by atoms with Gasteiger partial charge in [-0.05, 0) is 38.0 Å². The molecule has 1 aromatic rings. The molecule has 0 aliphatic rings. The van der Waals surface area contributed by atoms with Crippen LogP contribution in [0.3, 0.4) is 0 Å². The standard InChI is InChI=1S/C16H21NO3/c1-5-16(3,20-4)15(19)17-14-11-13(7-6-10-18)9-8-12(14)2/h8-9,11,18H,5,10H2,1-4H3,(H,17,19). The van der Waals surface area contributed by atoms with E-state index >= 15 is 0 Å². The number of carbonyl (C=O) groups is 1. The van der Waals surface area contributed by atoms with Crippen LogP contribution in [0.5, 0.6) is 0 Å². The Morgan fingerprint density at radius 1 is 1.50 bits per heavy atom. The van der Waals surface area contributed by atoms with Gasteiger partial charge in [0, 0.05) is 18.4 Å². The maximum absolute atomic E-state index is 12.3. The van der Waals surface area contributed by atoms with Gasteiger partial charge in [0.1, 0.15) is 12.2 Å². The first kappa shape index (κ1) is 16.2. The van der Waals surface area contributed by atoms with Crippen LogP contribution in [-0.2, 0) is 9.53 Å². The van der Waals surface area contributed by atoms with E-state index in [4.69, 9.17) is 9.84 Å². The molecule has 1 unspecified atom stereocenters. The van der Waals surface area contributed by atoms with Crippen LogP contribution in [0.15, 0.2) is 18.2 Å². The second-order valence-corrected chi connectivity index (χ2v) is 4.73. The largest absolute Gasteiger partial charge is 0.384 e. The Morgan fingerprint density at radius 2 is 2.20 bits per heavy atom. The van der Waals surface area contributed by atoms with Crippen LogP contribution in [0, 0.1) is 18.8 Å². The summed E-state index contributed by atoms with van der Waals surface area (Å²) in [6, 6.07) is 5.53. The minimum Gasteiger partial charge on any atom is -0.384 e. The van der Waals surface area contributed by atoms with Crippen LogP contribution in [-0.4, -0.2) is 30.3 Å². The van der Waals surface area contributed by atoms with Gasteiger partial charge in [0.2, 0.25) is 0 Å². The van der Waals surface area contributed by atoms with Crippen molar-refractivity contribution in [2.24, 2.45) is 0 Å². The summed E-state index contributed by atoms with van der Waals surface area (Å²) in [6.07, 6.45) is 0.582. The Balaban J connectivity index is 3.00. The van der Waals surface area contributed by atoms with E-state index in [0.717, 1.165) is 11.1 Å². The van der Waals surface area contributed by atoms with Crippen molar-refractivity contribution in [2.75, 3.05) is 19.0 Å². The van der Waals surface area contributed by atoms with Gasteiger partial charge in [-0.1, -0.05) is 24.8 Å². The molecule has 1 aromatic carbocycles. The lowest BCUT2D eigenvalue weighted by Gasteiger charge is -2.25. The molecule has 0 fully saturated rings. The summed E-state index contributed by atoms with van der Waals surface area (Å²) in [5.74, 6) is 5.22. The number of hydrogen-bond acceptors (Lipinski definition) is 3. The zero-order valence-electron chi connectivity index (χ0n) is 12.4. The Labute approximate surface area is 120 Å². The van der Waals surface area contributed by atoms with Crippen LogP contribution < -0.4 is 5.32 Å². The summed E-state index contributed by atoms with van der Waals surface area (Å²) in [4.78, 5) is 12.3. The van der Waals surface area contributed by atoms with Gasteiger partial charge in [-0.2, -0.15) is 0 Å². The summed E-state index contributed by atoms with van der Waals surface area (Å²) in [6.45, 7) is 5.38. The lowest BCUT2D eigenvalue weighted by Crippen LogP contribution is -2.41. The molecule has 2 N–H and O–H groups in total. The van der Waals surface area contributed by atoms with E-state index in [-0.39, 0.29) is 12.5 Å². The summed E-state index contributed by atoms with van der Waals surface area (Å²) in [5, 5.41) is 11.6. The highest BCUT2D eigenvalue weighted by Crippen LogP contribution is 2.21. The second kappa shape index (κ2) is 7.09. The van der Waals surface area contributed by atoms with E-state index < -0.39 is 5.60 Å². The highest BCUT2D eigenvalue weighted by molar-refractivity contribution is 5.97. The third-order valence-corrected chi connectivity index (χ3v) is 3.40. The van der Waals surface area contributed by atoms with E-state index in [1.54, 1.807) is 13.0 Å². The first-order chi connectivity index (χ1) is 9.46. The Bertz CT molecular complexity index is 536. The van der Waals surface area contributed by atoms with E-state index in [9.17, 15) is 4.79 Å². The van der Waals surface area contributed by atoms with Crippen molar-refractivity contribution < 1.29 is 14.6 Å². The van der Waals surface area contributed by atoms with Crippen LogP contribution >= 0.6 is 0 Å². The number of aliphatic hydroxyl groups is 1. The molecular weight excluding hydrogens is 254 g/mol. The molecule has 0 heterocycles. The lowest BCUT2D eigenvalue weighted by molar-refractivity contribution is -0.136. The summed E-state index contributed by atoms with van der Waals surface area (Å²) < 4.78 is 5.28. The Kier molecular flexibility index (Phi) is 5.75. The molecule has 0 saturated heterocycles. The van der Waals surface area contributed by atoms with Crippen molar-refractivity contribution in [1.29, 1.82) is 0 Å². The van der Waals surface area contributed by atoms with Gasteiger partial charge in [-0.15, -0.1) is 0 Å². The predicted molar refractivity (Wildman–Crippen MR) is 79.5 cm³/mol. The quantitative estimate of drug-likeness (QED) is 0.827. The third kappa shape index (κ3) is 3.83. The number of methoxy groups -OCH3 is 1. The highest BCUT2D eigenvalue weighted by Gasteiger charge is 2.31. The number of carbonyl (C=O) groups excluding carboxylic acids is 1. The molecule has 1 atom stereocenters. The van der Waals surface area contributed by atoms with Crippen molar-refractivity contribution in [2.45, 2.75) is 32.8 Å². The molecule has 0 saturated carbocycles. The molecule has 1 rings (SSSR count). The fourth-order valence-corrected chi connectivity index (χ4v) is 1.63. The third-order valence-electron chi connectivity index (χ3n) is 3.40. The minimum atomic E-state index is -0.848. The summed E-state index contributed by atoms with van der Waals surface area (Å²) in [5.41, 5.74) is 1.55. The number of hydrogen-bond donors (Lipinski definition) is 2.